The quantitative estimate of drug-likeness (QED) is 0.477. The zero-order valence-electron chi connectivity index (χ0n) is 21.2. The van der Waals surface area contributed by atoms with E-state index in [1.54, 1.807) is 4.52 Å². The van der Waals surface area contributed by atoms with E-state index in [9.17, 15) is 8.78 Å². The lowest BCUT2D eigenvalue weighted by atomic mass is 9.85. The van der Waals surface area contributed by atoms with Gasteiger partial charge in [0.15, 0.2) is 11.6 Å². The van der Waals surface area contributed by atoms with Gasteiger partial charge in [-0.1, -0.05) is 13.8 Å². The third-order valence-electron chi connectivity index (χ3n) is 6.59. The topological polar surface area (TPSA) is 121 Å². The molecule has 0 amide bonds. The molecule has 2 atom stereocenters. The number of nitrogens with two attached hydrogens (primary N) is 1. The third kappa shape index (κ3) is 6.85. The van der Waals surface area contributed by atoms with Gasteiger partial charge in [-0.15, -0.1) is 0 Å². The van der Waals surface area contributed by atoms with Crippen LogP contribution < -0.4 is 11.1 Å². The standard InChI is InChI=1S/C19H26F2N6O.C3H8O2.C2H6/c20-19(21)10-18(5-7-23-8-6-18)26(11-19)9-13-1-4-16(28-13)14-2-3-15-17(22)24-12-25-27(14)15;1-3(2,4)5;1-2/h2-3,12-13,16,23H,1,4-11H2,(H2,22,24,25);4-5H,1-2H3;1-2H3/t13-,16+;;/m0../s1. The van der Waals surface area contributed by atoms with E-state index in [1.807, 2.05) is 30.9 Å². The van der Waals surface area contributed by atoms with Crippen LogP contribution in [0.25, 0.3) is 5.52 Å². The fourth-order valence-electron chi connectivity index (χ4n) is 5.26. The van der Waals surface area contributed by atoms with Gasteiger partial charge in [-0.2, -0.15) is 5.10 Å². The predicted molar refractivity (Wildman–Crippen MR) is 130 cm³/mol. The molecule has 11 heteroatoms. The lowest BCUT2D eigenvalue weighted by molar-refractivity contribution is -0.127. The summed E-state index contributed by atoms with van der Waals surface area (Å²) in [6.07, 6.45) is 4.51. The second kappa shape index (κ2) is 11.0. The van der Waals surface area contributed by atoms with Crippen molar-refractivity contribution in [2.75, 3.05) is 31.9 Å². The fourth-order valence-corrected chi connectivity index (χ4v) is 5.26. The molecule has 0 unspecified atom stereocenters. The number of piperidine rings is 1. The molecule has 5 rings (SSSR count). The number of nitrogens with one attached hydrogen (secondary N) is 1. The van der Waals surface area contributed by atoms with Crippen LogP contribution in [0.1, 0.15) is 71.6 Å². The van der Waals surface area contributed by atoms with Crippen LogP contribution >= 0.6 is 0 Å². The summed E-state index contributed by atoms with van der Waals surface area (Å²) in [5, 5.41) is 23.7. The van der Waals surface area contributed by atoms with Crippen molar-refractivity contribution in [1.82, 2.24) is 24.8 Å². The Hall–Kier alpha value is -1.92. The number of aliphatic hydroxyl groups is 2. The Balaban J connectivity index is 0.000000438. The highest BCUT2D eigenvalue weighted by atomic mass is 19.3. The Bertz CT molecular complexity index is 952. The average Bonchev–Trinajstić information content (AvgIpc) is 3.46. The largest absolute Gasteiger partial charge is 0.382 e. The highest BCUT2D eigenvalue weighted by molar-refractivity contribution is 5.65. The van der Waals surface area contributed by atoms with E-state index >= 15 is 0 Å². The van der Waals surface area contributed by atoms with Crippen molar-refractivity contribution in [1.29, 1.82) is 0 Å². The van der Waals surface area contributed by atoms with E-state index in [0.29, 0.717) is 12.4 Å². The summed E-state index contributed by atoms with van der Waals surface area (Å²) in [4.78, 5) is 6.03. The molecule has 2 aromatic rings. The van der Waals surface area contributed by atoms with Crippen LogP contribution in [0, 0.1) is 0 Å². The molecule has 3 saturated heterocycles. The highest BCUT2D eigenvalue weighted by Crippen LogP contribution is 2.45. The molecule has 3 aliphatic heterocycles. The summed E-state index contributed by atoms with van der Waals surface area (Å²) in [7, 11) is 0. The molecule has 9 nitrogen and oxygen atoms in total. The van der Waals surface area contributed by atoms with E-state index < -0.39 is 11.7 Å². The summed E-state index contributed by atoms with van der Waals surface area (Å²) in [5.41, 5.74) is 7.23. The number of hydrogen-bond acceptors (Lipinski definition) is 8. The van der Waals surface area contributed by atoms with E-state index in [2.05, 4.69) is 15.4 Å². The van der Waals surface area contributed by atoms with Crippen molar-refractivity contribution >= 4 is 11.3 Å². The SMILES string of the molecule is CC.CC(C)(O)O.Nc1ncnn2c([C@H]3CC[C@@H](CN4CC(F)(F)CC45CCNCC5)O3)ccc12. The molecule has 35 heavy (non-hydrogen) atoms. The first-order valence-corrected chi connectivity index (χ1v) is 12.5. The van der Waals surface area contributed by atoms with E-state index in [4.69, 9.17) is 20.7 Å². The molecule has 5 N–H and O–H groups in total. The Kier molecular flexibility index (Phi) is 8.69. The van der Waals surface area contributed by atoms with Gasteiger partial charge < -0.3 is 26.0 Å². The van der Waals surface area contributed by atoms with Gasteiger partial charge in [0.25, 0.3) is 5.92 Å². The zero-order chi connectivity index (χ0) is 25.9. The maximum absolute atomic E-state index is 14.3. The number of fused-ring (bicyclic) bond motifs is 1. The molecular weight excluding hydrogens is 458 g/mol. The van der Waals surface area contributed by atoms with Crippen molar-refractivity contribution < 1.29 is 23.7 Å². The van der Waals surface area contributed by atoms with Crippen molar-refractivity contribution in [3.63, 3.8) is 0 Å². The number of anilines is 1. The van der Waals surface area contributed by atoms with E-state index in [0.717, 1.165) is 50.0 Å². The highest BCUT2D eigenvalue weighted by Gasteiger charge is 2.55. The third-order valence-corrected chi connectivity index (χ3v) is 6.59. The number of likely N-dealkylation sites (tertiary alicyclic amines) is 1. The molecule has 0 bridgehead atoms. The van der Waals surface area contributed by atoms with Gasteiger partial charge in [0.1, 0.15) is 17.9 Å². The molecule has 0 saturated carbocycles. The van der Waals surface area contributed by atoms with Crippen molar-refractivity contribution in [2.45, 2.75) is 89.3 Å². The number of ether oxygens (including phenoxy) is 1. The molecular formula is C24H40F2N6O3. The summed E-state index contributed by atoms with van der Waals surface area (Å²) < 4.78 is 36.6. The van der Waals surface area contributed by atoms with Gasteiger partial charge in [0, 0.05) is 18.5 Å². The van der Waals surface area contributed by atoms with Crippen molar-refractivity contribution in [3.8, 4) is 0 Å². The minimum atomic E-state index is -2.61. The van der Waals surface area contributed by atoms with Gasteiger partial charge in [-0.3, -0.25) is 4.90 Å². The molecule has 0 aromatic carbocycles. The Labute approximate surface area is 205 Å². The van der Waals surface area contributed by atoms with Gasteiger partial charge in [0.2, 0.25) is 0 Å². The molecule has 0 aliphatic carbocycles. The number of nitrogens with zero attached hydrogens (tertiary/aromatic N) is 4. The molecule has 1 spiro atoms. The van der Waals surface area contributed by atoms with Gasteiger partial charge >= 0.3 is 0 Å². The predicted octanol–water partition coefficient (Wildman–Crippen LogP) is 2.73. The first kappa shape index (κ1) is 27.7. The van der Waals surface area contributed by atoms with Crippen LogP contribution in [-0.4, -0.2) is 79.2 Å². The molecule has 5 heterocycles. The van der Waals surface area contributed by atoms with Crippen LogP contribution in [0.3, 0.4) is 0 Å². The summed E-state index contributed by atoms with van der Waals surface area (Å²) >= 11 is 0. The number of rotatable bonds is 3. The molecule has 3 fully saturated rings. The molecule has 0 radical (unpaired) electrons. The summed E-state index contributed by atoms with van der Waals surface area (Å²) in [6, 6.07) is 3.86. The number of alkyl halides is 2. The van der Waals surface area contributed by atoms with E-state index in [1.165, 1.54) is 20.2 Å². The van der Waals surface area contributed by atoms with Gasteiger partial charge in [-0.25, -0.2) is 18.3 Å². The van der Waals surface area contributed by atoms with Crippen LogP contribution in [-0.2, 0) is 4.74 Å². The summed E-state index contributed by atoms with van der Waals surface area (Å²) in [5.74, 6) is -3.68. The van der Waals surface area contributed by atoms with Crippen LogP contribution in [0.2, 0.25) is 0 Å². The van der Waals surface area contributed by atoms with Crippen molar-refractivity contribution in [2.24, 2.45) is 0 Å². The summed E-state index contributed by atoms with van der Waals surface area (Å²) in [6.45, 7) is 8.61. The normalized spacial score (nSPS) is 25.7. The van der Waals surface area contributed by atoms with Crippen LogP contribution in [0.15, 0.2) is 18.5 Å². The van der Waals surface area contributed by atoms with Crippen LogP contribution in [0.5, 0.6) is 0 Å². The van der Waals surface area contributed by atoms with Gasteiger partial charge in [-0.05, 0) is 64.8 Å². The second-order valence-corrected chi connectivity index (χ2v) is 9.91. The van der Waals surface area contributed by atoms with E-state index in [-0.39, 0.29) is 30.7 Å². The Morgan fingerprint density at radius 2 is 1.86 bits per heavy atom. The molecule has 2 aromatic heterocycles. The first-order valence-electron chi connectivity index (χ1n) is 12.5. The maximum atomic E-state index is 14.3. The molecule has 3 aliphatic rings. The minimum Gasteiger partial charge on any atom is -0.382 e. The number of aromatic nitrogens is 3. The monoisotopic (exact) mass is 498 g/mol. The zero-order valence-corrected chi connectivity index (χ0v) is 21.2. The maximum Gasteiger partial charge on any atom is 0.262 e. The van der Waals surface area contributed by atoms with Gasteiger partial charge in [0.05, 0.1) is 18.3 Å². The lowest BCUT2D eigenvalue weighted by Crippen LogP contribution is -2.52. The van der Waals surface area contributed by atoms with Crippen LogP contribution in [0.4, 0.5) is 14.6 Å². The Morgan fingerprint density at radius 3 is 2.51 bits per heavy atom. The second-order valence-electron chi connectivity index (χ2n) is 9.91. The molecule has 198 valence electrons. The van der Waals surface area contributed by atoms with Crippen molar-refractivity contribution in [3.05, 3.63) is 24.2 Å². The fraction of sp³-hybridized carbons (Fsp3) is 0.750. The number of hydrogen-bond donors (Lipinski definition) is 4. The minimum absolute atomic E-state index is 0.0304. The Morgan fingerprint density at radius 1 is 1.20 bits per heavy atom. The number of halogens is 2. The average molecular weight is 499 g/mol. The first-order chi connectivity index (χ1) is 16.5. The number of nitrogen functional groups attached to an aromatic ring is 1. The lowest BCUT2D eigenvalue weighted by Gasteiger charge is -2.42. The smallest absolute Gasteiger partial charge is 0.262 e.